The molecule has 0 spiro atoms. The van der Waals surface area contributed by atoms with E-state index >= 15 is 0 Å². The van der Waals surface area contributed by atoms with Crippen molar-refractivity contribution in [3.05, 3.63) is 16.8 Å². The molecule has 1 atom stereocenters. The van der Waals surface area contributed by atoms with Gasteiger partial charge in [-0.05, 0) is 56.4 Å². The van der Waals surface area contributed by atoms with Gasteiger partial charge in [-0.25, -0.2) is 9.97 Å². The minimum Gasteiger partial charge on any atom is -0.474 e. The molecule has 3 heterocycles. The molecule has 0 N–H and O–H groups in total. The molecule has 1 unspecified atom stereocenters. The summed E-state index contributed by atoms with van der Waals surface area (Å²) in [4.78, 5) is 25.1. The van der Waals surface area contributed by atoms with Crippen LogP contribution in [-0.4, -0.2) is 59.6 Å². The average Bonchev–Trinajstić information content (AvgIpc) is 3.14. The summed E-state index contributed by atoms with van der Waals surface area (Å²) in [5.41, 5.74) is 1.33. The molecule has 0 aromatic carbocycles. The predicted molar refractivity (Wildman–Crippen MR) is 113 cm³/mol. The highest BCUT2D eigenvalue weighted by atomic mass is 32.1. The first-order chi connectivity index (χ1) is 14.3. The van der Waals surface area contributed by atoms with Crippen LogP contribution in [0, 0.1) is 5.92 Å². The third-order valence-corrected chi connectivity index (χ3v) is 8.02. The lowest BCUT2D eigenvalue weighted by Gasteiger charge is -2.38. The maximum absolute atomic E-state index is 11.0. The molecule has 7 heteroatoms. The second-order valence-electron chi connectivity index (χ2n) is 8.57. The van der Waals surface area contributed by atoms with Crippen molar-refractivity contribution in [3.63, 3.8) is 0 Å². The lowest BCUT2D eigenvalue weighted by atomic mass is 9.85. The Hall–Kier alpha value is -1.57. The van der Waals surface area contributed by atoms with E-state index in [1.54, 1.807) is 17.7 Å². The van der Waals surface area contributed by atoms with Crippen LogP contribution in [0.1, 0.15) is 49.0 Å². The first-order valence-corrected chi connectivity index (χ1v) is 11.8. The Balaban J connectivity index is 1.30. The van der Waals surface area contributed by atoms with Gasteiger partial charge in [0.15, 0.2) is 0 Å². The fourth-order valence-electron chi connectivity index (χ4n) is 5.21. The Bertz CT molecular complexity index is 856. The standard InChI is InChI=1S/C22H29N3O3S/c26-10-7-15-1-6-19-18(13-15)20-21(23-14-24-22(20)29-19)28-17-4-2-16(3-5-17)25-8-11-27-12-9-25/h10,14-17H,1-9,11-13H2. The smallest absolute Gasteiger partial charge is 0.225 e. The van der Waals surface area contributed by atoms with Gasteiger partial charge in [0.05, 0.1) is 18.6 Å². The summed E-state index contributed by atoms with van der Waals surface area (Å²) >= 11 is 1.78. The molecule has 1 aliphatic heterocycles. The summed E-state index contributed by atoms with van der Waals surface area (Å²) in [5.74, 6) is 1.20. The predicted octanol–water partition coefficient (Wildman–Crippen LogP) is 3.41. The van der Waals surface area contributed by atoms with Crippen LogP contribution in [0.15, 0.2) is 6.33 Å². The number of morpholine rings is 1. The lowest BCUT2D eigenvalue weighted by Crippen LogP contribution is -2.46. The summed E-state index contributed by atoms with van der Waals surface area (Å²) in [6.45, 7) is 3.85. The number of carbonyl (C=O) groups is 1. The fraction of sp³-hybridized carbons (Fsp3) is 0.682. The quantitative estimate of drug-likeness (QED) is 0.698. The Morgan fingerprint density at radius 1 is 1.17 bits per heavy atom. The molecular weight excluding hydrogens is 386 g/mol. The van der Waals surface area contributed by atoms with Crippen LogP contribution in [0.3, 0.4) is 0 Å². The number of aryl methyl sites for hydroxylation is 1. The van der Waals surface area contributed by atoms with Crippen LogP contribution < -0.4 is 4.74 Å². The van der Waals surface area contributed by atoms with Crippen LogP contribution in [0.5, 0.6) is 5.88 Å². The van der Waals surface area contributed by atoms with Crippen molar-refractivity contribution in [2.24, 2.45) is 5.92 Å². The second kappa shape index (κ2) is 8.66. The van der Waals surface area contributed by atoms with Gasteiger partial charge in [0, 0.05) is 30.4 Å². The molecule has 2 aromatic rings. The van der Waals surface area contributed by atoms with Crippen LogP contribution in [0.4, 0.5) is 0 Å². The van der Waals surface area contributed by atoms with Gasteiger partial charge in [0.2, 0.25) is 5.88 Å². The molecule has 0 radical (unpaired) electrons. The molecule has 1 saturated heterocycles. The lowest BCUT2D eigenvalue weighted by molar-refractivity contribution is -0.108. The van der Waals surface area contributed by atoms with Gasteiger partial charge in [-0.15, -0.1) is 11.3 Å². The summed E-state index contributed by atoms with van der Waals surface area (Å²) in [6.07, 6.45) is 11.2. The van der Waals surface area contributed by atoms with Crippen LogP contribution in [0.2, 0.25) is 0 Å². The number of hydrogen-bond donors (Lipinski definition) is 0. The minimum atomic E-state index is 0.232. The number of ether oxygens (including phenoxy) is 2. The number of rotatable bonds is 5. The van der Waals surface area contributed by atoms with Crippen molar-refractivity contribution in [3.8, 4) is 5.88 Å². The SMILES string of the molecule is O=CCC1CCc2sc3ncnc(OC4CCC(N5CCOCC5)CC4)c3c2C1. The van der Waals surface area contributed by atoms with E-state index in [-0.39, 0.29) is 6.10 Å². The maximum atomic E-state index is 11.0. The fourth-order valence-corrected chi connectivity index (χ4v) is 6.38. The monoisotopic (exact) mass is 415 g/mol. The third-order valence-electron chi connectivity index (χ3n) is 6.82. The van der Waals surface area contributed by atoms with Crippen LogP contribution >= 0.6 is 11.3 Å². The van der Waals surface area contributed by atoms with Gasteiger partial charge >= 0.3 is 0 Å². The van der Waals surface area contributed by atoms with Crippen LogP contribution in [0.25, 0.3) is 10.2 Å². The number of thiophene rings is 1. The average molecular weight is 416 g/mol. The molecule has 0 bridgehead atoms. The highest BCUT2D eigenvalue weighted by Gasteiger charge is 2.30. The number of aldehydes is 1. The van der Waals surface area contributed by atoms with Gasteiger partial charge in [-0.3, -0.25) is 4.90 Å². The zero-order chi connectivity index (χ0) is 19.6. The maximum Gasteiger partial charge on any atom is 0.225 e. The van der Waals surface area contributed by atoms with E-state index < -0.39 is 0 Å². The minimum absolute atomic E-state index is 0.232. The van der Waals surface area contributed by atoms with Gasteiger partial charge in [-0.2, -0.15) is 0 Å². The molecule has 156 valence electrons. The highest BCUT2D eigenvalue weighted by molar-refractivity contribution is 7.18. The van der Waals surface area contributed by atoms with E-state index in [9.17, 15) is 4.79 Å². The number of aromatic nitrogens is 2. The van der Waals surface area contributed by atoms with Crippen LogP contribution in [-0.2, 0) is 22.4 Å². The molecule has 0 amide bonds. The number of hydrogen-bond acceptors (Lipinski definition) is 7. The van der Waals surface area contributed by atoms with Gasteiger partial charge < -0.3 is 14.3 Å². The van der Waals surface area contributed by atoms with Gasteiger partial charge in [0.1, 0.15) is 23.5 Å². The molecular formula is C22H29N3O3S. The van der Waals surface area contributed by atoms with E-state index in [4.69, 9.17) is 9.47 Å². The Kier molecular flexibility index (Phi) is 5.79. The normalized spacial score (nSPS) is 28.2. The zero-order valence-corrected chi connectivity index (χ0v) is 17.7. The van der Waals surface area contributed by atoms with Crippen molar-refractivity contribution < 1.29 is 14.3 Å². The number of fused-ring (bicyclic) bond motifs is 3. The molecule has 1 saturated carbocycles. The zero-order valence-electron chi connectivity index (χ0n) is 16.8. The molecule has 3 aliphatic rings. The van der Waals surface area contributed by atoms with Gasteiger partial charge in [0.25, 0.3) is 0 Å². The number of nitrogens with zero attached hydrogens (tertiary/aromatic N) is 3. The van der Waals surface area contributed by atoms with E-state index in [0.717, 1.165) is 80.8 Å². The third kappa shape index (κ3) is 4.05. The van der Waals surface area contributed by atoms with E-state index in [1.165, 1.54) is 23.3 Å². The summed E-state index contributed by atoms with van der Waals surface area (Å²) in [7, 11) is 0. The molecule has 2 aliphatic carbocycles. The molecule has 29 heavy (non-hydrogen) atoms. The molecule has 2 fully saturated rings. The van der Waals surface area contributed by atoms with Gasteiger partial charge in [-0.1, -0.05) is 0 Å². The largest absolute Gasteiger partial charge is 0.474 e. The summed E-state index contributed by atoms with van der Waals surface area (Å²) < 4.78 is 12.0. The second-order valence-corrected chi connectivity index (χ2v) is 9.65. The molecule has 2 aromatic heterocycles. The number of carbonyl (C=O) groups excluding carboxylic acids is 1. The van der Waals surface area contributed by atoms with E-state index in [1.807, 2.05) is 0 Å². The first kappa shape index (κ1) is 19.4. The first-order valence-electron chi connectivity index (χ1n) is 11.0. The van der Waals surface area contributed by atoms with E-state index in [2.05, 4.69) is 14.9 Å². The van der Waals surface area contributed by atoms with E-state index in [0.29, 0.717) is 18.4 Å². The molecule has 6 nitrogen and oxygen atoms in total. The highest BCUT2D eigenvalue weighted by Crippen LogP contribution is 2.41. The molecule has 5 rings (SSSR count). The Labute approximate surface area is 175 Å². The van der Waals surface area contributed by atoms with Crippen molar-refractivity contribution in [1.29, 1.82) is 0 Å². The van der Waals surface area contributed by atoms with Crippen molar-refractivity contribution in [1.82, 2.24) is 14.9 Å². The summed E-state index contributed by atoms with van der Waals surface area (Å²) in [5, 5.41) is 1.11. The Morgan fingerprint density at radius 2 is 2.00 bits per heavy atom. The Morgan fingerprint density at radius 3 is 2.79 bits per heavy atom. The van der Waals surface area contributed by atoms with Crippen molar-refractivity contribution >= 4 is 27.8 Å². The topological polar surface area (TPSA) is 64.5 Å². The van der Waals surface area contributed by atoms with Crippen molar-refractivity contribution in [2.45, 2.75) is 63.5 Å². The van der Waals surface area contributed by atoms with Crippen molar-refractivity contribution in [2.75, 3.05) is 26.3 Å². The summed E-state index contributed by atoms with van der Waals surface area (Å²) in [6, 6.07) is 0.669.